The quantitative estimate of drug-likeness (QED) is 0.885. The normalized spacial score (nSPS) is 20.7. The second-order valence-corrected chi connectivity index (χ2v) is 6.98. The lowest BCUT2D eigenvalue weighted by Gasteiger charge is -2.40. The lowest BCUT2D eigenvalue weighted by Crippen LogP contribution is -2.55. The first-order chi connectivity index (χ1) is 12.0. The van der Waals surface area contributed by atoms with Crippen LogP contribution >= 0.6 is 0 Å². The molecule has 25 heavy (non-hydrogen) atoms. The maximum absolute atomic E-state index is 12.6. The van der Waals surface area contributed by atoms with Gasteiger partial charge in [0.2, 0.25) is 5.91 Å². The molecule has 6 nitrogen and oxygen atoms in total. The number of carbonyl (C=O) groups excluding carboxylic acids is 1. The summed E-state index contributed by atoms with van der Waals surface area (Å²) in [5.41, 5.74) is 1.58. The Kier molecular flexibility index (Phi) is 5.27. The van der Waals surface area contributed by atoms with Crippen molar-refractivity contribution in [2.45, 2.75) is 44.7 Å². The average Bonchev–Trinajstić information content (AvgIpc) is 3.09. The third kappa shape index (κ3) is 3.63. The average molecular weight is 346 g/mol. The minimum Gasteiger partial charge on any atom is -0.496 e. The molecule has 1 aliphatic heterocycles. The molecule has 1 atom stereocenters. The molecule has 1 aliphatic carbocycles. The highest BCUT2D eigenvalue weighted by Gasteiger charge is 2.37. The number of methoxy groups -OCH3 is 1. The second kappa shape index (κ2) is 7.44. The molecule has 3 rings (SSSR count). The van der Waals surface area contributed by atoms with Crippen molar-refractivity contribution < 1.29 is 19.4 Å². The van der Waals surface area contributed by atoms with Crippen LogP contribution in [0.2, 0.25) is 0 Å². The number of carbonyl (C=O) groups is 2. The fourth-order valence-electron chi connectivity index (χ4n) is 4.08. The summed E-state index contributed by atoms with van der Waals surface area (Å²) in [5.74, 6) is -0.370. The number of carboxylic acid groups (broad SMARTS) is 1. The number of benzene rings is 1. The first-order valence-electron chi connectivity index (χ1n) is 8.92. The van der Waals surface area contributed by atoms with E-state index in [-0.39, 0.29) is 12.5 Å². The smallest absolute Gasteiger partial charge is 0.325 e. The number of ether oxygens (including phenoxy) is 1. The molecule has 0 spiro atoms. The van der Waals surface area contributed by atoms with Crippen LogP contribution in [-0.2, 0) is 9.59 Å². The van der Waals surface area contributed by atoms with Gasteiger partial charge in [0.25, 0.3) is 0 Å². The predicted octanol–water partition coefficient (Wildman–Crippen LogP) is 2.22. The molecule has 6 heteroatoms. The predicted molar refractivity (Wildman–Crippen MR) is 93.6 cm³/mol. The SMILES string of the molecule is COc1ccc(C)cc1C(C(=O)O)N1CCN(C2CCCC2)C(=O)C1. The fraction of sp³-hybridized carbons (Fsp3) is 0.579. The van der Waals surface area contributed by atoms with E-state index in [0.717, 1.165) is 18.4 Å². The van der Waals surface area contributed by atoms with Crippen LogP contribution in [0.1, 0.15) is 42.9 Å². The minimum atomic E-state index is -0.953. The number of piperazine rings is 1. The van der Waals surface area contributed by atoms with E-state index < -0.39 is 12.0 Å². The van der Waals surface area contributed by atoms with E-state index in [1.807, 2.05) is 24.0 Å². The zero-order chi connectivity index (χ0) is 18.0. The van der Waals surface area contributed by atoms with Crippen molar-refractivity contribution in [3.8, 4) is 5.75 Å². The zero-order valence-electron chi connectivity index (χ0n) is 14.9. The van der Waals surface area contributed by atoms with Gasteiger partial charge in [-0.2, -0.15) is 0 Å². The van der Waals surface area contributed by atoms with Gasteiger partial charge in [0, 0.05) is 24.7 Å². The molecule has 1 amide bonds. The highest BCUT2D eigenvalue weighted by molar-refractivity contribution is 5.82. The third-order valence-electron chi connectivity index (χ3n) is 5.33. The summed E-state index contributed by atoms with van der Waals surface area (Å²) < 4.78 is 5.37. The van der Waals surface area contributed by atoms with Crippen LogP contribution in [0, 0.1) is 6.92 Å². The lowest BCUT2D eigenvalue weighted by molar-refractivity contribution is -0.149. The summed E-state index contributed by atoms with van der Waals surface area (Å²) in [4.78, 5) is 28.3. The van der Waals surface area contributed by atoms with Crippen molar-refractivity contribution in [2.24, 2.45) is 0 Å². The number of carboxylic acids is 1. The van der Waals surface area contributed by atoms with Crippen molar-refractivity contribution in [3.63, 3.8) is 0 Å². The number of aryl methyl sites for hydroxylation is 1. The highest BCUT2D eigenvalue weighted by atomic mass is 16.5. The lowest BCUT2D eigenvalue weighted by atomic mass is 10.0. The van der Waals surface area contributed by atoms with Crippen LogP contribution in [-0.4, -0.2) is 59.6 Å². The summed E-state index contributed by atoms with van der Waals surface area (Å²) in [5, 5.41) is 9.83. The van der Waals surface area contributed by atoms with Crippen molar-refractivity contribution >= 4 is 11.9 Å². The number of hydrogen-bond acceptors (Lipinski definition) is 4. The number of amides is 1. The van der Waals surface area contributed by atoms with Gasteiger partial charge in [-0.3, -0.25) is 14.5 Å². The van der Waals surface area contributed by atoms with Crippen molar-refractivity contribution in [2.75, 3.05) is 26.7 Å². The van der Waals surface area contributed by atoms with Crippen LogP contribution in [0.4, 0.5) is 0 Å². The van der Waals surface area contributed by atoms with Gasteiger partial charge in [0.1, 0.15) is 11.8 Å². The van der Waals surface area contributed by atoms with E-state index in [0.29, 0.717) is 30.4 Å². The summed E-state index contributed by atoms with van der Waals surface area (Å²) in [6.45, 7) is 3.23. The maximum atomic E-state index is 12.6. The number of hydrogen-bond donors (Lipinski definition) is 1. The van der Waals surface area contributed by atoms with Crippen molar-refractivity contribution in [1.29, 1.82) is 0 Å². The number of nitrogens with zero attached hydrogens (tertiary/aromatic N) is 2. The molecular formula is C19H26N2O4. The Morgan fingerprint density at radius 3 is 2.60 bits per heavy atom. The fourth-order valence-corrected chi connectivity index (χ4v) is 4.08. The van der Waals surface area contributed by atoms with E-state index in [1.165, 1.54) is 20.0 Å². The van der Waals surface area contributed by atoms with Crippen LogP contribution in [0.15, 0.2) is 18.2 Å². The monoisotopic (exact) mass is 346 g/mol. The summed E-state index contributed by atoms with van der Waals surface area (Å²) in [6.07, 6.45) is 4.49. The summed E-state index contributed by atoms with van der Waals surface area (Å²) in [7, 11) is 1.54. The maximum Gasteiger partial charge on any atom is 0.325 e. The van der Waals surface area contributed by atoms with E-state index in [1.54, 1.807) is 11.0 Å². The van der Waals surface area contributed by atoms with Crippen LogP contribution < -0.4 is 4.74 Å². The zero-order valence-corrected chi connectivity index (χ0v) is 14.9. The molecule has 1 saturated carbocycles. The van der Waals surface area contributed by atoms with E-state index in [4.69, 9.17) is 4.74 Å². The van der Waals surface area contributed by atoms with Gasteiger partial charge in [-0.25, -0.2) is 0 Å². The Morgan fingerprint density at radius 1 is 1.28 bits per heavy atom. The van der Waals surface area contributed by atoms with E-state index >= 15 is 0 Å². The molecule has 0 aromatic heterocycles. The van der Waals surface area contributed by atoms with E-state index in [2.05, 4.69) is 0 Å². The molecule has 1 aromatic carbocycles. The Bertz CT molecular complexity index is 655. The Balaban J connectivity index is 1.82. The van der Waals surface area contributed by atoms with Crippen LogP contribution in [0.25, 0.3) is 0 Å². The minimum absolute atomic E-state index is 0.0380. The van der Waals surface area contributed by atoms with Crippen LogP contribution in [0.3, 0.4) is 0 Å². The molecule has 1 aromatic rings. The third-order valence-corrected chi connectivity index (χ3v) is 5.33. The summed E-state index contributed by atoms with van der Waals surface area (Å²) >= 11 is 0. The topological polar surface area (TPSA) is 70.1 Å². The van der Waals surface area contributed by atoms with Gasteiger partial charge in [-0.05, 0) is 25.8 Å². The first kappa shape index (κ1) is 17.7. The molecule has 136 valence electrons. The van der Waals surface area contributed by atoms with Crippen molar-refractivity contribution in [3.05, 3.63) is 29.3 Å². The molecule has 2 aliphatic rings. The Morgan fingerprint density at radius 2 is 2.00 bits per heavy atom. The number of aliphatic carboxylic acids is 1. The van der Waals surface area contributed by atoms with Gasteiger partial charge in [0.05, 0.1) is 13.7 Å². The largest absolute Gasteiger partial charge is 0.496 e. The van der Waals surface area contributed by atoms with E-state index in [9.17, 15) is 14.7 Å². The molecule has 1 heterocycles. The van der Waals surface area contributed by atoms with Gasteiger partial charge < -0.3 is 14.7 Å². The highest BCUT2D eigenvalue weighted by Crippen LogP contribution is 2.33. The van der Waals surface area contributed by atoms with Gasteiger partial charge in [0.15, 0.2) is 0 Å². The number of rotatable bonds is 5. The Labute approximate surface area is 148 Å². The van der Waals surface area contributed by atoms with Gasteiger partial charge >= 0.3 is 5.97 Å². The molecule has 0 bridgehead atoms. The van der Waals surface area contributed by atoms with Crippen LogP contribution in [0.5, 0.6) is 5.75 Å². The van der Waals surface area contributed by atoms with Gasteiger partial charge in [-0.15, -0.1) is 0 Å². The molecule has 2 fully saturated rings. The second-order valence-electron chi connectivity index (χ2n) is 6.98. The standard InChI is InChI=1S/C19H26N2O4/c1-13-7-8-16(25-2)15(11-13)18(19(23)24)20-9-10-21(17(22)12-20)14-5-3-4-6-14/h7-8,11,14,18H,3-6,9-10,12H2,1-2H3,(H,23,24). The Hall–Kier alpha value is -2.08. The molecule has 1 N–H and O–H groups in total. The molecule has 0 radical (unpaired) electrons. The van der Waals surface area contributed by atoms with Gasteiger partial charge in [-0.1, -0.05) is 30.5 Å². The summed E-state index contributed by atoms with van der Waals surface area (Å²) in [6, 6.07) is 4.99. The molecular weight excluding hydrogens is 320 g/mol. The molecule has 1 unspecified atom stereocenters. The van der Waals surface area contributed by atoms with Crippen molar-refractivity contribution in [1.82, 2.24) is 9.80 Å². The molecule has 1 saturated heterocycles. The first-order valence-corrected chi connectivity index (χ1v) is 8.92.